The van der Waals surface area contributed by atoms with Crippen LogP contribution in [0.15, 0.2) is 0 Å². The van der Waals surface area contributed by atoms with Crippen molar-refractivity contribution in [2.45, 2.75) is 46.1 Å². The van der Waals surface area contributed by atoms with Crippen molar-refractivity contribution in [3.05, 3.63) is 0 Å². The first-order valence-electron chi connectivity index (χ1n) is 6.66. The highest BCUT2D eigenvalue weighted by atomic mass is 32.2. The van der Waals surface area contributed by atoms with E-state index in [1.165, 1.54) is 6.42 Å². The lowest BCUT2D eigenvalue weighted by atomic mass is 9.89. The number of Topliss-reactive ketones (excluding diaryl/α,β-unsaturated/α-hetero) is 1. The van der Waals surface area contributed by atoms with Gasteiger partial charge >= 0.3 is 0 Å². The lowest BCUT2D eigenvalue weighted by Crippen LogP contribution is -2.39. The van der Waals surface area contributed by atoms with Gasteiger partial charge < -0.3 is 4.90 Å². The summed E-state index contributed by atoms with van der Waals surface area (Å²) in [4.78, 5) is 14.6. The Kier molecular flexibility index (Phi) is 5.52. The highest BCUT2D eigenvalue weighted by Crippen LogP contribution is 2.37. The van der Waals surface area contributed by atoms with Crippen molar-refractivity contribution >= 4 is 17.5 Å². The molecule has 3 heteroatoms. The quantitative estimate of drug-likeness (QED) is 0.729. The summed E-state index contributed by atoms with van der Waals surface area (Å²) in [6, 6.07) is 0.613. The molecule has 1 aliphatic rings. The molecule has 0 aliphatic heterocycles. The summed E-state index contributed by atoms with van der Waals surface area (Å²) in [5, 5.41) is 0. The standard InChI is InChI=1S/C14H27NOS/c1-6-12(10-17-5)15(4)9-11-7-8-14(2,3)13(11)16/h11-12H,6-10H2,1-5H3. The van der Waals surface area contributed by atoms with Gasteiger partial charge in [0.2, 0.25) is 0 Å². The van der Waals surface area contributed by atoms with Gasteiger partial charge in [-0.15, -0.1) is 0 Å². The summed E-state index contributed by atoms with van der Waals surface area (Å²) in [6.07, 6.45) is 5.46. The predicted molar refractivity (Wildman–Crippen MR) is 76.6 cm³/mol. The van der Waals surface area contributed by atoms with E-state index in [-0.39, 0.29) is 11.3 Å². The molecule has 0 bridgehead atoms. The molecular formula is C14H27NOS. The van der Waals surface area contributed by atoms with Gasteiger partial charge in [-0.25, -0.2) is 0 Å². The maximum atomic E-state index is 12.2. The van der Waals surface area contributed by atoms with Crippen molar-refractivity contribution in [3.8, 4) is 0 Å². The normalized spacial score (nSPS) is 25.5. The second-order valence-electron chi connectivity index (χ2n) is 5.94. The van der Waals surface area contributed by atoms with Crippen LogP contribution < -0.4 is 0 Å². The number of ketones is 1. The minimum atomic E-state index is -0.0767. The van der Waals surface area contributed by atoms with E-state index in [1.807, 2.05) is 11.8 Å². The molecule has 0 N–H and O–H groups in total. The third-order valence-corrected chi connectivity index (χ3v) is 4.84. The molecule has 0 amide bonds. The van der Waals surface area contributed by atoms with Crippen molar-refractivity contribution in [3.63, 3.8) is 0 Å². The number of thioether (sulfide) groups is 1. The maximum Gasteiger partial charge on any atom is 0.142 e. The van der Waals surface area contributed by atoms with Crippen molar-refractivity contribution in [2.75, 3.05) is 25.6 Å². The van der Waals surface area contributed by atoms with E-state index in [0.717, 1.165) is 25.1 Å². The Hall–Kier alpha value is -0.0200. The molecule has 2 nitrogen and oxygen atoms in total. The van der Waals surface area contributed by atoms with Gasteiger partial charge in [0.1, 0.15) is 5.78 Å². The molecule has 0 heterocycles. The first-order chi connectivity index (χ1) is 7.92. The van der Waals surface area contributed by atoms with Gasteiger partial charge in [0.05, 0.1) is 0 Å². The zero-order valence-electron chi connectivity index (χ0n) is 12.0. The van der Waals surface area contributed by atoms with E-state index in [2.05, 4.69) is 39.0 Å². The zero-order chi connectivity index (χ0) is 13.1. The van der Waals surface area contributed by atoms with E-state index >= 15 is 0 Å². The molecule has 0 aromatic rings. The Morgan fingerprint density at radius 3 is 2.59 bits per heavy atom. The van der Waals surface area contributed by atoms with E-state index in [0.29, 0.717) is 11.8 Å². The fourth-order valence-corrected chi connectivity index (χ4v) is 3.64. The molecule has 1 aliphatic carbocycles. The minimum Gasteiger partial charge on any atom is -0.302 e. The summed E-state index contributed by atoms with van der Waals surface area (Å²) >= 11 is 1.89. The Balaban J connectivity index is 2.52. The first-order valence-corrected chi connectivity index (χ1v) is 8.05. The van der Waals surface area contributed by atoms with E-state index < -0.39 is 0 Å². The SMILES string of the molecule is CCC(CSC)N(C)CC1CCC(C)(C)C1=O. The molecule has 100 valence electrons. The van der Waals surface area contributed by atoms with E-state index in [4.69, 9.17) is 0 Å². The topological polar surface area (TPSA) is 20.3 Å². The van der Waals surface area contributed by atoms with Crippen LogP contribution >= 0.6 is 11.8 Å². The smallest absolute Gasteiger partial charge is 0.142 e. The largest absolute Gasteiger partial charge is 0.302 e. The number of carbonyl (C=O) groups is 1. The fourth-order valence-electron chi connectivity index (χ4n) is 2.76. The monoisotopic (exact) mass is 257 g/mol. The highest BCUT2D eigenvalue weighted by molar-refractivity contribution is 7.98. The van der Waals surface area contributed by atoms with Crippen molar-refractivity contribution in [1.29, 1.82) is 0 Å². The second kappa shape index (κ2) is 6.24. The minimum absolute atomic E-state index is 0.0767. The third-order valence-electron chi connectivity index (χ3n) is 4.12. The fraction of sp³-hybridized carbons (Fsp3) is 0.929. The van der Waals surface area contributed by atoms with Gasteiger partial charge in [0.15, 0.2) is 0 Å². The van der Waals surface area contributed by atoms with Crippen LogP contribution in [0.3, 0.4) is 0 Å². The molecule has 2 unspecified atom stereocenters. The Morgan fingerprint density at radius 2 is 2.18 bits per heavy atom. The molecule has 2 atom stereocenters. The zero-order valence-corrected chi connectivity index (χ0v) is 12.8. The average Bonchev–Trinajstić information content (AvgIpc) is 2.53. The van der Waals surface area contributed by atoms with Crippen LogP contribution in [-0.4, -0.2) is 42.3 Å². The number of hydrogen-bond acceptors (Lipinski definition) is 3. The average molecular weight is 257 g/mol. The Morgan fingerprint density at radius 1 is 1.53 bits per heavy atom. The highest BCUT2D eigenvalue weighted by Gasteiger charge is 2.40. The molecule has 1 fully saturated rings. The molecule has 17 heavy (non-hydrogen) atoms. The molecule has 0 aromatic carbocycles. The Labute approximate surface area is 111 Å². The van der Waals surface area contributed by atoms with Crippen LogP contribution in [0.4, 0.5) is 0 Å². The molecule has 0 radical (unpaired) electrons. The maximum absolute atomic E-state index is 12.2. The molecule has 0 spiro atoms. The predicted octanol–water partition coefficient (Wildman–Crippen LogP) is 3.07. The summed E-state index contributed by atoms with van der Waals surface area (Å²) in [5.41, 5.74) is -0.0767. The lowest BCUT2D eigenvalue weighted by Gasteiger charge is -2.29. The van der Waals surface area contributed by atoms with Crippen molar-refractivity contribution in [1.82, 2.24) is 4.90 Å². The van der Waals surface area contributed by atoms with Crippen LogP contribution in [0.2, 0.25) is 0 Å². The summed E-state index contributed by atoms with van der Waals surface area (Å²) in [7, 11) is 2.17. The van der Waals surface area contributed by atoms with Gasteiger partial charge in [-0.3, -0.25) is 4.79 Å². The summed E-state index contributed by atoms with van der Waals surface area (Å²) < 4.78 is 0. The van der Waals surface area contributed by atoms with Crippen molar-refractivity contribution in [2.24, 2.45) is 11.3 Å². The van der Waals surface area contributed by atoms with Gasteiger partial charge in [0.25, 0.3) is 0 Å². The van der Waals surface area contributed by atoms with Gasteiger partial charge in [0, 0.05) is 29.7 Å². The molecule has 1 rings (SSSR count). The van der Waals surface area contributed by atoms with Gasteiger partial charge in [-0.2, -0.15) is 11.8 Å². The van der Waals surface area contributed by atoms with E-state index in [1.54, 1.807) is 0 Å². The third kappa shape index (κ3) is 3.72. The second-order valence-corrected chi connectivity index (χ2v) is 6.85. The first kappa shape index (κ1) is 15.0. The lowest BCUT2D eigenvalue weighted by molar-refractivity contribution is -0.128. The van der Waals surface area contributed by atoms with Crippen LogP contribution in [-0.2, 0) is 4.79 Å². The number of rotatable bonds is 6. The van der Waals surface area contributed by atoms with Crippen LogP contribution in [0.25, 0.3) is 0 Å². The van der Waals surface area contributed by atoms with Gasteiger partial charge in [-0.1, -0.05) is 20.8 Å². The Bertz CT molecular complexity index is 265. The summed E-state index contributed by atoms with van der Waals surface area (Å²) in [6.45, 7) is 7.36. The molecule has 0 aromatic heterocycles. The number of carbonyl (C=O) groups excluding carboxylic acids is 1. The van der Waals surface area contributed by atoms with Gasteiger partial charge in [-0.05, 0) is 32.6 Å². The van der Waals surface area contributed by atoms with Crippen molar-refractivity contribution < 1.29 is 4.79 Å². The molecular weight excluding hydrogens is 230 g/mol. The number of hydrogen-bond donors (Lipinski definition) is 0. The van der Waals surface area contributed by atoms with Crippen LogP contribution in [0.5, 0.6) is 0 Å². The van der Waals surface area contributed by atoms with E-state index in [9.17, 15) is 4.79 Å². The summed E-state index contributed by atoms with van der Waals surface area (Å²) in [5.74, 6) is 1.91. The molecule has 0 saturated heterocycles. The van der Waals surface area contributed by atoms with Crippen LogP contribution in [0, 0.1) is 11.3 Å². The van der Waals surface area contributed by atoms with Crippen LogP contribution in [0.1, 0.15) is 40.0 Å². The molecule has 1 saturated carbocycles. The number of nitrogens with zero attached hydrogens (tertiary/aromatic N) is 1.